The van der Waals surface area contributed by atoms with Gasteiger partial charge in [-0.05, 0) is 50.5 Å². The van der Waals surface area contributed by atoms with Gasteiger partial charge in [-0.1, -0.05) is 35.3 Å². The molecule has 1 saturated heterocycles. The van der Waals surface area contributed by atoms with Crippen LogP contribution in [0.15, 0.2) is 36.5 Å². The summed E-state index contributed by atoms with van der Waals surface area (Å²) in [5.74, 6) is 0.447. The Balaban J connectivity index is 1.84. The number of ether oxygens (including phenoxy) is 2. The van der Waals surface area contributed by atoms with E-state index < -0.39 is 5.41 Å². The molecule has 0 aliphatic carbocycles. The molecule has 1 aliphatic heterocycles. The van der Waals surface area contributed by atoms with Gasteiger partial charge in [0.15, 0.2) is 0 Å². The maximum atomic E-state index is 13.3. The van der Waals surface area contributed by atoms with E-state index in [4.69, 9.17) is 32.7 Å². The quantitative estimate of drug-likeness (QED) is 0.741. The van der Waals surface area contributed by atoms with Crippen molar-refractivity contribution in [1.29, 1.82) is 0 Å². The molecule has 1 aromatic carbocycles. The number of benzene rings is 1. The molecule has 1 fully saturated rings. The monoisotopic (exact) mass is 422 g/mol. The third-order valence-corrected chi connectivity index (χ3v) is 5.41. The van der Waals surface area contributed by atoms with E-state index in [1.54, 1.807) is 18.3 Å². The van der Waals surface area contributed by atoms with Crippen molar-refractivity contribution in [2.45, 2.75) is 44.8 Å². The number of amides is 1. The summed E-state index contributed by atoms with van der Waals surface area (Å²) in [6, 6.07) is 9.01. The zero-order valence-electron chi connectivity index (χ0n) is 16.0. The Morgan fingerprint density at radius 1 is 1.29 bits per heavy atom. The van der Waals surface area contributed by atoms with Crippen LogP contribution in [0.1, 0.15) is 37.8 Å². The first-order valence-corrected chi connectivity index (χ1v) is 10.1. The number of nitrogens with zero attached hydrogens (tertiary/aromatic N) is 1. The highest BCUT2D eigenvalue weighted by atomic mass is 35.5. The molecule has 7 heteroatoms. The van der Waals surface area contributed by atoms with Crippen LogP contribution in [0.3, 0.4) is 0 Å². The average molecular weight is 423 g/mol. The van der Waals surface area contributed by atoms with Gasteiger partial charge in [-0.15, -0.1) is 0 Å². The molecule has 1 N–H and O–H groups in total. The van der Waals surface area contributed by atoms with Crippen molar-refractivity contribution >= 4 is 29.1 Å². The van der Waals surface area contributed by atoms with Crippen LogP contribution in [0.4, 0.5) is 0 Å². The fourth-order valence-corrected chi connectivity index (χ4v) is 4.04. The molecule has 5 nitrogen and oxygen atoms in total. The number of nitrogens with one attached hydrogen (secondary N) is 1. The summed E-state index contributed by atoms with van der Waals surface area (Å²) in [4.78, 5) is 17.6. The summed E-state index contributed by atoms with van der Waals surface area (Å²) in [5, 5.41) is 4.10. The van der Waals surface area contributed by atoms with E-state index >= 15 is 0 Å². The molecular weight excluding hydrogens is 399 g/mol. The molecule has 0 radical (unpaired) electrons. The maximum Gasteiger partial charge on any atom is 0.231 e. The minimum Gasteiger partial charge on any atom is -0.475 e. The predicted octanol–water partition coefficient (Wildman–Crippen LogP) is 4.54. The van der Waals surface area contributed by atoms with Crippen LogP contribution < -0.4 is 10.1 Å². The highest BCUT2D eigenvalue weighted by Crippen LogP contribution is 2.40. The number of hydrogen-bond acceptors (Lipinski definition) is 4. The lowest BCUT2D eigenvalue weighted by atomic mass is 9.73. The van der Waals surface area contributed by atoms with Crippen LogP contribution in [0.2, 0.25) is 10.0 Å². The maximum absolute atomic E-state index is 13.3. The number of carbonyl (C=O) groups is 1. The Morgan fingerprint density at radius 2 is 2.04 bits per heavy atom. The number of hydrogen-bond donors (Lipinski definition) is 1. The molecule has 0 bridgehead atoms. The number of pyridine rings is 1. The number of aromatic nitrogens is 1. The van der Waals surface area contributed by atoms with E-state index in [1.165, 1.54) is 0 Å². The Kier molecular flexibility index (Phi) is 6.81. The van der Waals surface area contributed by atoms with Gasteiger partial charge in [0.05, 0.1) is 11.5 Å². The van der Waals surface area contributed by atoms with Gasteiger partial charge >= 0.3 is 0 Å². The van der Waals surface area contributed by atoms with Crippen molar-refractivity contribution in [2.24, 2.45) is 0 Å². The largest absolute Gasteiger partial charge is 0.475 e. The Bertz CT molecular complexity index is 836. The topological polar surface area (TPSA) is 60.5 Å². The molecular formula is C21H24Cl2N2O3. The Hall–Kier alpha value is -1.82. The van der Waals surface area contributed by atoms with E-state index in [0.29, 0.717) is 48.5 Å². The van der Waals surface area contributed by atoms with Gasteiger partial charge in [0.1, 0.15) is 0 Å². The first-order chi connectivity index (χ1) is 13.4. The summed E-state index contributed by atoms with van der Waals surface area (Å²) in [5.41, 5.74) is 0.861. The summed E-state index contributed by atoms with van der Waals surface area (Å²) >= 11 is 12.5. The van der Waals surface area contributed by atoms with Gasteiger partial charge < -0.3 is 14.8 Å². The van der Waals surface area contributed by atoms with Crippen LogP contribution in [0.5, 0.6) is 5.88 Å². The minimum absolute atomic E-state index is 0.000870. The zero-order chi connectivity index (χ0) is 20.1. The second-order valence-corrected chi connectivity index (χ2v) is 7.98. The van der Waals surface area contributed by atoms with E-state index in [1.807, 2.05) is 32.0 Å². The lowest BCUT2D eigenvalue weighted by Crippen LogP contribution is -2.48. The Labute approximate surface area is 175 Å². The number of halogens is 2. The van der Waals surface area contributed by atoms with E-state index in [9.17, 15) is 4.79 Å². The fourth-order valence-electron chi connectivity index (χ4n) is 3.45. The van der Waals surface area contributed by atoms with Crippen LogP contribution in [-0.4, -0.2) is 30.2 Å². The first-order valence-electron chi connectivity index (χ1n) is 9.34. The van der Waals surface area contributed by atoms with Crippen molar-refractivity contribution in [2.75, 3.05) is 13.2 Å². The third kappa shape index (κ3) is 4.59. The Morgan fingerprint density at radius 3 is 2.71 bits per heavy atom. The molecule has 1 aromatic heterocycles. The third-order valence-electron chi connectivity index (χ3n) is 4.86. The highest BCUT2D eigenvalue weighted by molar-refractivity contribution is 6.35. The molecule has 0 atom stereocenters. The van der Waals surface area contributed by atoms with E-state index in [-0.39, 0.29) is 12.0 Å². The number of carbonyl (C=O) groups excluding carboxylic acids is 1. The first kappa shape index (κ1) is 20.9. The minimum atomic E-state index is -0.749. The standard InChI is InChI=1S/C21H24Cl2N2O3/c1-14(2)28-19-15(4-3-9-24-19)13-25-20(26)21(7-10-27-11-8-21)17-6-5-16(22)12-18(17)23/h3-6,9,12,14H,7-8,10-11,13H2,1-2H3,(H,25,26). The van der Waals surface area contributed by atoms with Crippen molar-refractivity contribution in [3.8, 4) is 5.88 Å². The van der Waals surface area contributed by atoms with Gasteiger partial charge in [-0.3, -0.25) is 4.79 Å². The van der Waals surface area contributed by atoms with E-state index in [2.05, 4.69) is 10.3 Å². The van der Waals surface area contributed by atoms with Crippen molar-refractivity contribution in [1.82, 2.24) is 10.3 Å². The normalized spacial score (nSPS) is 16.0. The second kappa shape index (κ2) is 9.12. The smallest absolute Gasteiger partial charge is 0.231 e. The summed E-state index contributed by atoms with van der Waals surface area (Å²) < 4.78 is 11.3. The number of rotatable bonds is 6. The van der Waals surface area contributed by atoms with Gasteiger partial charge in [-0.25, -0.2) is 4.98 Å². The highest BCUT2D eigenvalue weighted by Gasteiger charge is 2.43. The van der Waals surface area contributed by atoms with Crippen molar-refractivity contribution in [3.63, 3.8) is 0 Å². The SMILES string of the molecule is CC(C)Oc1ncccc1CNC(=O)C1(c2ccc(Cl)cc2Cl)CCOCC1. The van der Waals surface area contributed by atoms with Gasteiger partial charge in [0, 0.05) is 41.6 Å². The molecule has 3 rings (SSSR count). The van der Waals surface area contributed by atoms with Crippen LogP contribution in [0, 0.1) is 0 Å². The van der Waals surface area contributed by atoms with Gasteiger partial charge in [0.25, 0.3) is 0 Å². The van der Waals surface area contributed by atoms with E-state index in [0.717, 1.165) is 11.1 Å². The molecule has 2 heterocycles. The zero-order valence-corrected chi connectivity index (χ0v) is 17.5. The van der Waals surface area contributed by atoms with Crippen LogP contribution in [-0.2, 0) is 21.5 Å². The molecule has 150 valence electrons. The van der Waals surface area contributed by atoms with Crippen LogP contribution in [0.25, 0.3) is 0 Å². The average Bonchev–Trinajstić information content (AvgIpc) is 2.67. The lowest BCUT2D eigenvalue weighted by molar-refractivity contribution is -0.130. The molecule has 1 aliphatic rings. The summed E-state index contributed by atoms with van der Waals surface area (Å²) in [7, 11) is 0. The molecule has 0 spiro atoms. The molecule has 28 heavy (non-hydrogen) atoms. The molecule has 0 unspecified atom stereocenters. The predicted molar refractivity (Wildman–Crippen MR) is 110 cm³/mol. The van der Waals surface area contributed by atoms with Gasteiger partial charge in [-0.2, -0.15) is 0 Å². The molecule has 2 aromatic rings. The summed E-state index contributed by atoms with van der Waals surface area (Å²) in [6.45, 7) is 5.21. The lowest BCUT2D eigenvalue weighted by Gasteiger charge is -2.37. The second-order valence-electron chi connectivity index (χ2n) is 7.14. The molecule has 1 amide bonds. The van der Waals surface area contributed by atoms with Crippen molar-refractivity contribution in [3.05, 3.63) is 57.7 Å². The fraction of sp³-hybridized carbons (Fsp3) is 0.429. The van der Waals surface area contributed by atoms with Crippen molar-refractivity contribution < 1.29 is 14.3 Å². The van der Waals surface area contributed by atoms with Gasteiger partial charge in [0.2, 0.25) is 11.8 Å². The molecule has 0 saturated carbocycles. The summed E-state index contributed by atoms with van der Waals surface area (Å²) in [6.07, 6.45) is 2.79. The van der Waals surface area contributed by atoms with Crippen LogP contribution >= 0.6 is 23.2 Å².